The van der Waals surface area contributed by atoms with Gasteiger partial charge < -0.3 is 19.3 Å². The number of nitrogens with zero attached hydrogens (tertiary/aromatic N) is 2. The Morgan fingerprint density at radius 3 is 1.26 bits per heavy atom. The quantitative estimate of drug-likeness (QED) is 0.0457. The number of hydrogen-bond acceptors (Lipinski definition) is 5. The molecule has 0 aromatic carbocycles. The largest absolute Gasteiger partial charge is 0.462 e. The van der Waals surface area contributed by atoms with Crippen LogP contribution < -0.4 is 0 Å². The summed E-state index contributed by atoms with van der Waals surface area (Å²) in [5.74, 6) is 0.186. The fourth-order valence-corrected chi connectivity index (χ4v) is 7.48. The van der Waals surface area contributed by atoms with Gasteiger partial charge in [-0.3, -0.25) is 9.59 Å². The molecule has 0 spiro atoms. The number of ether oxygens (including phenoxy) is 2. The van der Waals surface area contributed by atoms with Crippen LogP contribution in [0, 0.1) is 0 Å². The number of amides is 1. The maximum atomic E-state index is 12.8. The van der Waals surface area contributed by atoms with Crippen molar-refractivity contribution in [1.29, 1.82) is 0 Å². The summed E-state index contributed by atoms with van der Waals surface area (Å²) in [5.41, 5.74) is 0. The second kappa shape index (κ2) is 43.0. The number of carbonyl (C=O) groups is 2. The fraction of sp³-hybridized carbons (Fsp3) is 0.958. The molecule has 1 amide bonds. The number of hydrogen-bond donors (Lipinski definition) is 0. The summed E-state index contributed by atoms with van der Waals surface area (Å²) in [7, 11) is 1.91. The summed E-state index contributed by atoms with van der Waals surface area (Å²) >= 11 is 0. The average molecular weight is 765 g/mol. The Labute approximate surface area is 338 Å². The van der Waals surface area contributed by atoms with E-state index in [4.69, 9.17) is 9.47 Å². The van der Waals surface area contributed by atoms with Crippen LogP contribution in [0.2, 0.25) is 0 Å². The molecule has 0 saturated carbocycles. The van der Waals surface area contributed by atoms with Crippen LogP contribution in [-0.4, -0.2) is 74.2 Å². The molecule has 0 aliphatic carbocycles. The highest BCUT2D eigenvalue weighted by Crippen LogP contribution is 2.18. The third-order valence-corrected chi connectivity index (χ3v) is 11.3. The van der Waals surface area contributed by atoms with Crippen molar-refractivity contribution in [2.45, 2.75) is 252 Å². The number of carbonyl (C=O) groups excluding carboxylic acids is 2. The van der Waals surface area contributed by atoms with E-state index >= 15 is 0 Å². The molecular formula is C48H96N2O4. The molecule has 322 valence electrons. The lowest BCUT2D eigenvalue weighted by atomic mass is 10.0. The zero-order valence-corrected chi connectivity index (χ0v) is 37.4. The van der Waals surface area contributed by atoms with Crippen LogP contribution in [0.1, 0.15) is 246 Å². The van der Waals surface area contributed by atoms with E-state index in [1.165, 1.54) is 180 Å². The van der Waals surface area contributed by atoms with Gasteiger partial charge in [-0.05, 0) is 83.8 Å². The van der Waals surface area contributed by atoms with Gasteiger partial charge in [0.15, 0.2) is 0 Å². The van der Waals surface area contributed by atoms with Crippen LogP contribution in [0.25, 0.3) is 0 Å². The Balaban J connectivity index is 4.24. The summed E-state index contributed by atoms with van der Waals surface area (Å²) in [6.07, 6.45) is 42.1. The molecular weight excluding hydrogens is 669 g/mol. The molecule has 0 atom stereocenters. The number of esters is 1. The summed E-state index contributed by atoms with van der Waals surface area (Å²) in [6, 6.07) is 0. The van der Waals surface area contributed by atoms with E-state index in [0.717, 1.165) is 71.5 Å². The molecule has 6 nitrogen and oxygen atoms in total. The SMILES string of the molecule is CCCCCCCCCOCCCCCCCCN(CCCCCCCC(=O)OC(CCCCCCCC)CCCCCCCC)CCCN(C)C(C)=O. The molecule has 0 aliphatic heterocycles. The van der Waals surface area contributed by atoms with Crippen molar-refractivity contribution in [3.8, 4) is 0 Å². The maximum absolute atomic E-state index is 12.8. The van der Waals surface area contributed by atoms with Crippen molar-refractivity contribution in [2.24, 2.45) is 0 Å². The highest BCUT2D eigenvalue weighted by Gasteiger charge is 2.14. The first-order chi connectivity index (χ1) is 26.4. The van der Waals surface area contributed by atoms with Gasteiger partial charge in [0.2, 0.25) is 5.91 Å². The first kappa shape index (κ1) is 52.9. The van der Waals surface area contributed by atoms with Gasteiger partial charge in [-0.1, -0.05) is 168 Å². The first-order valence-electron chi connectivity index (χ1n) is 24.2. The van der Waals surface area contributed by atoms with Gasteiger partial charge >= 0.3 is 5.97 Å². The summed E-state index contributed by atoms with van der Waals surface area (Å²) < 4.78 is 11.9. The van der Waals surface area contributed by atoms with Crippen LogP contribution in [0.5, 0.6) is 0 Å². The number of rotatable bonds is 44. The second-order valence-electron chi connectivity index (χ2n) is 16.7. The van der Waals surface area contributed by atoms with Crippen molar-refractivity contribution < 1.29 is 19.1 Å². The molecule has 0 heterocycles. The summed E-state index contributed by atoms with van der Waals surface area (Å²) in [6.45, 7) is 14.6. The third kappa shape index (κ3) is 39.1. The topological polar surface area (TPSA) is 59.1 Å². The van der Waals surface area contributed by atoms with Gasteiger partial charge in [0.25, 0.3) is 0 Å². The molecule has 0 unspecified atom stereocenters. The fourth-order valence-electron chi connectivity index (χ4n) is 7.48. The Kier molecular flexibility index (Phi) is 42.1. The molecule has 0 radical (unpaired) electrons. The van der Waals surface area contributed by atoms with Crippen LogP contribution in [0.3, 0.4) is 0 Å². The zero-order valence-electron chi connectivity index (χ0n) is 37.4. The second-order valence-corrected chi connectivity index (χ2v) is 16.7. The zero-order chi connectivity index (χ0) is 39.6. The molecule has 6 heteroatoms. The highest BCUT2D eigenvalue weighted by molar-refractivity contribution is 5.72. The molecule has 0 fully saturated rings. The molecule has 0 aromatic heterocycles. The van der Waals surface area contributed by atoms with Crippen LogP contribution in [-0.2, 0) is 19.1 Å². The minimum atomic E-state index is 0.0332. The highest BCUT2D eigenvalue weighted by atomic mass is 16.5. The smallest absolute Gasteiger partial charge is 0.306 e. The van der Waals surface area contributed by atoms with E-state index in [0.29, 0.717) is 6.42 Å². The van der Waals surface area contributed by atoms with E-state index < -0.39 is 0 Å². The number of unbranched alkanes of at least 4 members (excludes halogenated alkanes) is 25. The molecule has 0 bridgehead atoms. The van der Waals surface area contributed by atoms with Gasteiger partial charge in [-0.25, -0.2) is 0 Å². The summed E-state index contributed by atoms with van der Waals surface area (Å²) in [4.78, 5) is 29.0. The lowest BCUT2D eigenvalue weighted by molar-refractivity contribution is -0.150. The van der Waals surface area contributed by atoms with Crippen LogP contribution in [0.4, 0.5) is 0 Å². The first-order valence-corrected chi connectivity index (χ1v) is 24.2. The van der Waals surface area contributed by atoms with Gasteiger partial charge in [-0.2, -0.15) is 0 Å². The van der Waals surface area contributed by atoms with E-state index in [9.17, 15) is 9.59 Å². The molecule has 0 rings (SSSR count). The Bertz CT molecular complexity index is 762. The van der Waals surface area contributed by atoms with E-state index in [-0.39, 0.29) is 18.0 Å². The molecule has 0 aromatic rings. The Morgan fingerprint density at radius 2 is 0.815 bits per heavy atom. The Hall–Kier alpha value is -1.14. The van der Waals surface area contributed by atoms with Crippen molar-refractivity contribution in [3.05, 3.63) is 0 Å². The van der Waals surface area contributed by atoms with Gasteiger partial charge in [0.1, 0.15) is 6.10 Å². The average Bonchev–Trinajstić information content (AvgIpc) is 3.16. The van der Waals surface area contributed by atoms with E-state index in [1.807, 2.05) is 11.9 Å². The van der Waals surface area contributed by atoms with E-state index in [1.54, 1.807) is 6.92 Å². The summed E-state index contributed by atoms with van der Waals surface area (Å²) in [5, 5.41) is 0. The third-order valence-electron chi connectivity index (χ3n) is 11.3. The monoisotopic (exact) mass is 765 g/mol. The molecule has 0 aliphatic rings. The van der Waals surface area contributed by atoms with Crippen molar-refractivity contribution >= 4 is 11.9 Å². The molecule has 0 N–H and O–H groups in total. The Morgan fingerprint density at radius 1 is 0.444 bits per heavy atom. The van der Waals surface area contributed by atoms with Gasteiger partial charge in [0.05, 0.1) is 0 Å². The van der Waals surface area contributed by atoms with Crippen LogP contribution in [0.15, 0.2) is 0 Å². The molecule has 54 heavy (non-hydrogen) atoms. The minimum Gasteiger partial charge on any atom is -0.462 e. The van der Waals surface area contributed by atoms with Crippen molar-refractivity contribution in [2.75, 3.05) is 46.4 Å². The van der Waals surface area contributed by atoms with Crippen molar-refractivity contribution in [3.63, 3.8) is 0 Å². The predicted octanol–water partition coefficient (Wildman–Crippen LogP) is 14.0. The maximum Gasteiger partial charge on any atom is 0.306 e. The van der Waals surface area contributed by atoms with Gasteiger partial charge in [-0.15, -0.1) is 0 Å². The van der Waals surface area contributed by atoms with E-state index in [2.05, 4.69) is 25.7 Å². The molecule has 0 saturated heterocycles. The lowest BCUT2D eigenvalue weighted by Gasteiger charge is -2.24. The lowest BCUT2D eigenvalue weighted by Crippen LogP contribution is -2.31. The standard InChI is InChI=1S/C48H96N2O4/c1-6-9-12-15-19-27-34-44-53-45-35-28-20-18-25-32-41-50(43-36-40-49(5)46(4)51)42-33-26-21-24-31-39-48(52)54-47(37-29-22-16-13-10-7-2)38-30-23-17-14-11-8-3/h47H,6-45H2,1-5H3. The minimum absolute atomic E-state index is 0.0332. The van der Waals surface area contributed by atoms with Crippen LogP contribution >= 0.6 is 0 Å². The normalized spacial score (nSPS) is 11.6. The predicted molar refractivity (Wildman–Crippen MR) is 234 cm³/mol. The van der Waals surface area contributed by atoms with Gasteiger partial charge in [0, 0.05) is 40.2 Å². The van der Waals surface area contributed by atoms with Crippen molar-refractivity contribution in [1.82, 2.24) is 9.80 Å².